The first-order chi connectivity index (χ1) is 13.2. The van der Waals surface area contributed by atoms with Crippen LogP contribution in [0.1, 0.15) is 19.8 Å². The SMILES string of the molecule is CC(C(=O)Nc1ccc(OCC(F)(F)F)cc1)N1C(=O)C2CC=CCC2C1=O. The Hall–Kier alpha value is -2.84. The van der Waals surface area contributed by atoms with E-state index < -0.39 is 36.6 Å². The number of nitrogens with zero attached hydrogens (tertiary/aromatic N) is 1. The summed E-state index contributed by atoms with van der Waals surface area (Å²) in [4.78, 5) is 38.6. The predicted molar refractivity (Wildman–Crippen MR) is 93.3 cm³/mol. The van der Waals surface area contributed by atoms with Gasteiger partial charge in [-0.25, -0.2) is 0 Å². The monoisotopic (exact) mass is 396 g/mol. The number of ether oxygens (including phenoxy) is 1. The molecule has 6 nitrogen and oxygen atoms in total. The minimum absolute atomic E-state index is 0.00449. The molecule has 3 rings (SSSR count). The lowest BCUT2D eigenvalue weighted by molar-refractivity contribution is -0.153. The van der Waals surface area contributed by atoms with Crippen molar-refractivity contribution in [2.45, 2.75) is 32.0 Å². The number of carbonyl (C=O) groups excluding carboxylic acids is 3. The molecule has 1 saturated heterocycles. The molecule has 1 fully saturated rings. The lowest BCUT2D eigenvalue weighted by Gasteiger charge is -2.22. The van der Waals surface area contributed by atoms with Gasteiger partial charge in [0.2, 0.25) is 17.7 Å². The summed E-state index contributed by atoms with van der Waals surface area (Å²) in [5.74, 6) is -2.09. The minimum atomic E-state index is -4.44. The maximum atomic E-state index is 12.5. The van der Waals surface area contributed by atoms with Crippen molar-refractivity contribution in [2.24, 2.45) is 11.8 Å². The Balaban J connectivity index is 1.61. The van der Waals surface area contributed by atoms with Crippen LogP contribution in [-0.2, 0) is 14.4 Å². The topological polar surface area (TPSA) is 75.7 Å². The Bertz CT molecular complexity index is 778. The average molecular weight is 396 g/mol. The van der Waals surface area contributed by atoms with Gasteiger partial charge in [-0.2, -0.15) is 13.2 Å². The van der Waals surface area contributed by atoms with Crippen molar-refractivity contribution < 1.29 is 32.3 Å². The van der Waals surface area contributed by atoms with Crippen LogP contribution >= 0.6 is 0 Å². The molecule has 0 aromatic heterocycles. The molecule has 3 atom stereocenters. The maximum absolute atomic E-state index is 12.5. The highest BCUT2D eigenvalue weighted by Crippen LogP contribution is 2.36. The van der Waals surface area contributed by atoms with Crippen molar-refractivity contribution in [3.8, 4) is 5.75 Å². The fourth-order valence-electron chi connectivity index (χ4n) is 3.37. The summed E-state index contributed by atoms with van der Waals surface area (Å²) >= 11 is 0. The minimum Gasteiger partial charge on any atom is -0.484 e. The van der Waals surface area contributed by atoms with Gasteiger partial charge < -0.3 is 10.1 Å². The molecule has 3 amide bonds. The number of imide groups is 1. The second-order valence-electron chi connectivity index (χ2n) is 6.80. The number of likely N-dealkylation sites (tertiary alicyclic amines) is 1. The lowest BCUT2D eigenvalue weighted by atomic mass is 9.85. The van der Waals surface area contributed by atoms with Crippen LogP contribution in [0.4, 0.5) is 18.9 Å². The van der Waals surface area contributed by atoms with Gasteiger partial charge in [0.05, 0.1) is 11.8 Å². The number of rotatable bonds is 5. The van der Waals surface area contributed by atoms with Crippen molar-refractivity contribution in [3.63, 3.8) is 0 Å². The van der Waals surface area contributed by atoms with Gasteiger partial charge in [-0.15, -0.1) is 0 Å². The number of halogens is 3. The highest BCUT2D eigenvalue weighted by Gasteiger charge is 2.50. The van der Waals surface area contributed by atoms with Gasteiger partial charge in [-0.3, -0.25) is 19.3 Å². The van der Waals surface area contributed by atoms with Gasteiger partial charge in [-0.1, -0.05) is 12.2 Å². The molecule has 1 aromatic carbocycles. The van der Waals surface area contributed by atoms with E-state index in [1.807, 2.05) is 12.2 Å². The summed E-state index contributed by atoms with van der Waals surface area (Å²) < 4.78 is 41.1. The van der Waals surface area contributed by atoms with Gasteiger partial charge in [-0.05, 0) is 44.0 Å². The van der Waals surface area contributed by atoms with E-state index in [0.717, 1.165) is 4.90 Å². The van der Waals surface area contributed by atoms with Gasteiger partial charge in [0.1, 0.15) is 11.8 Å². The molecular formula is C19H19F3N2O4. The summed E-state index contributed by atoms with van der Waals surface area (Å²) in [6.07, 6.45) is 0.259. The standard InChI is InChI=1S/C19H19F3N2O4/c1-11(24-17(26)14-4-2-3-5-15(14)18(24)27)16(25)23-12-6-8-13(9-7-12)28-10-19(20,21)22/h2-3,6-9,11,14-15H,4-5,10H2,1H3,(H,23,25). The van der Waals surface area contributed by atoms with E-state index in [4.69, 9.17) is 0 Å². The summed E-state index contributed by atoms with van der Waals surface area (Å²) in [6.45, 7) is 0.0584. The number of amides is 3. The molecule has 2 aliphatic rings. The van der Waals surface area contributed by atoms with E-state index in [2.05, 4.69) is 10.1 Å². The summed E-state index contributed by atoms with van der Waals surface area (Å²) in [5, 5.41) is 2.56. The van der Waals surface area contributed by atoms with Crippen molar-refractivity contribution in [1.29, 1.82) is 0 Å². The third-order valence-electron chi connectivity index (χ3n) is 4.83. The van der Waals surface area contributed by atoms with Crippen molar-refractivity contribution in [2.75, 3.05) is 11.9 Å². The van der Waals surface area contributed by atoms with Gasteiger partial charge in [0.25, 0.3) is 0 Å². The van der Waals surface area contributed by atoms with Gasteiger partial charge in [0.15, 0.2) is 6.61 Å². The predicted octanol–water partition coefficient (Wildman–Crippen LogP) is 2.91. The Morgan fingerprint density at radius 2 is 1.68 bits per heavy atom. The van der Waals surface area contributed by atoms with Crippen LogP contribution in [0.3, 0.4) is 0 Å². The van der Waals surface area contributed by atoms with E-state index >= 15 is 0 Å². The third kappa shape index (κ3) is 4.18. The third-order valence-corrected chi connectivity index (χ3v) is 4.83. The number of hydrogen-bond acceptors (Lipinski definition) is 4. The van der Waals surface area contributed by atoms with Crippen LogP contribution in [0.15, 0.2) is 36.4 Å². The fourth-order valence-corrected chi connectivity index (χ4v) is 3.37. The number of carbonyl (C=O) groups is 3. The van der Waals surface area contributed by atoms with E-state index in [-0.39, 0.29) is 17.6 Å². The number of anilines is 1. The summed E-state index contributed by atoms with van der Waals surface area (Å²) in [7, 11) is 0. The molecule has 1 aromatic rings. The number of alkyl halides is 3. The smallest absolute Gasteiger partial charge is 0.422 e. The van der Waals surface area contributed by atoms with Gasteiger partial charge >= 0.3 is 6.18 Å². The number of nitrogens with one attached hydrogen (secondary N) is 1. The normalized spacial score (nSPS) is 22.8. The molecule has 9 heteroatoms. The molecule has 1 aliphatic carbocycles. The molecule has 1 heterocycles. The zero-order chi connectivity index (χ0) is 20.5. The molecule has 150 valence electrons. The molecule has 0 bridgehead atoms. The van der Waals surface area contributed by atoms with Crippen LogP contribution in [0.25, 0.3) is 0 Å². The Morgan fingerprint density at radius 1 is 1.14 bits per heavy atom. The first-order valence-corrected chi connectivity index (χ1v) is 8.80. The molecule has 0 radical (unpaired) electrons. The fraction of sp³-hybridized carbons (Fsp3) is 0.421. The van der Waals surface area contributed by atoms with E-state index in [1.165, 1.54) is 31.2 Å². The Kier molecular flexibility index (Phi) is 5.44. The van der Waals surface area contributed by atoms with E-state index in [0.29, 0.717) is 18.5 Å². The molecular weight excluding hydrogens is 377 g/mol. The zero-order valence-corrected chi connectivity index (χ0v) is 15.0. The van der Waals surface area contributed by atoms with Crippen LogP contribution in [0.2, 0.25) is 0 Å². The van der Waals surface area contributed by atoms with Crippen LogP contribution in [0.5, 0.6) is 5.75 Å². The number of benzene rings is 1. The number of fused-ring (bicyclic) bond motifs is 1. The highest BCUT2D eigenvalue weighted by molar-refractivity contribution is 6.10. The maximum Gasteiger partial charge on any atom is 0.422 e. The molecule has 28 heavy (non-hydrogen) atoms. The molecule has 1 N–H and O–H groups in total. The quantitative estimate of drug-likeness (QED) is 0.614. The molecule has 0 spiro atoms. The molecule has 1 aliphatic heterocycles. The van der Waals surface area contributed by atoms with Crippen LogP contribution < -0.4 is 10.1 Å². The van der Waals surface area contributed by atoms with Crippen molar-refractivity contribution >= 4 is 23.4 Å². The second kappa shape index (κ2) is 7.65. The Labute approximate surface area is 159 Å². The average Bonchev–Trinajstić information content (AvgIpc) is 2.91. The molecule has 0 saturated carbocycles. The van der Waals surface area contributed by atoms with Crippen LogP contribution in [0, 0.1) is 11.8 Å². The first-order valence-electron chi connectivity index (χ1n) is 8.80. The Morgan fingerprint density at radius 3 is 2.18 bits per heavy atom. The van der Waals surface area contributed by atoms with E-state index in [9.17, 15) is 27.6 Å². The number of allylic oxidation sites excluding steroid dienone is 2. The number of hydrogen-bond donors (Lipinski definition) is 1. The largest absolute Gasteiger partial charge is 0.484 e. The van der Waals surface area contributed by atoms with Crippen molar-refractivity contribution in [1.82, 2.24) is 4.90 Å². The highest BCUT2D eigenvalue weighted by atomic mass is 19.4. The van der Waals surface area contributed by atoms with Crippen molar-refractivity contribution in [3.05, 3.63) is 36.4 Å². The lowest BCUT2D eigenvalue weighted by Crippen LogP contribution is -2.46. The first kappa shape index (κ1) is 19.9. The molecule has 3 unspecified atom stereocenters. The second-order valence-corrected chi connectivity index (χ2v) is 6.80. The van der Waals surface area contributed by atoms with Crippen LogP contribution in [-0.4, -0.2) is 41.4 Å². The van der Waals surface area contributed by atoms with Gasteiger partial charge in [0, 0.05) is 5.69 Å². The summed E-state index contributed by atoms with van der Waals surface area (Å²) in [5.41, 5.74) is 0.314. The summed E-state index contributed by atoms with van der Waals surface area (Å²) in [6, 6.07) is 4.35. The zero-order valence-electron chi connectivity index (χ0n) is 15.0. The van der Waals surface area contributed by atoms with E-state index in [1.54, 1.807) is 0 Å².